The number of carbonyl (C=O) groups excluding carboxylic acids is 1. The molecule has 5 heteroatoms. The molecular formula is C14H20N2O3. The first-order chi connectivity index (χ1) is 9.13. The molecule has 2 N–H and O–H groups in total. The zero-order chi connectivity index (χ0) is 13.7. The van der Waals surface area contributed by atoms with E-state index in [1.165, 1.54) is 19.7 Å². The highest BCUT2D eigenvalue weighted by Gasteiger charge is 2.28. The first-order valence-corrected chi connectivity index (χ1v) is 6.59. The molecule has 1 fully saturated rings. The predicted octanol–water partition coefficient (Wildman–Crippen LogP) is 1.91. The summed E-state index contributed by atoms with van der Waals surface area (Å²) in [5.41, 5.74) is 6.30. The average molecular weight is 264 g/mol. The Balaban J connectivity index is 1.97. The summed E-state index contributed by atoms with van der Waals surface area (Å²) in [4.78, 5) is 15.3. The third-order valence-corrected chi connectivity index (χ3v) is 3.50. The van der Waals surface area contributed by atoms with Gasteiger partial charge in [-0.1, -0.05) is 19.3 Å². The van der Waals surface area contributed by atoms with Gasteiger partial charge >= 0.3 is 5.97 Å². The molecule has 1 aromatic rings. The molecule has 0 saturated heterocycles. The minimum atomic E-state index is -0.467. The van der Waals surface area contributed by atoms with Crippen molar-refractivity contribution in [2.75, 3.05) is 13.7 Å². The standard InChI is InChI=1S/C14H20N2O3/c1-18-13(17)12-9-11(5-8-16-12)19-10-14(15)6-3-2-4-7-14/h5,8-9H,2-4,6-7,10,15H2,1H3. The summed E-state index contributed by atoms with van der Waals surface area (Å²) in [5.74, 6) is 0.136. The highest BCUT2D eigenvalue weighted by atomic mass is 16.5. The van der Waals surface area contributed by atoms with Crippen molar-refractivity contribution in [2.45, 2.75) is 37.6 Å². The van der Waals surface area contributed by atoms with Crippen LogP contribution in [-0.4, -0.2) is 30.2 Å². The van der Waals surface area contributed by atoms with Gasteiger partial charge in [0, 0.05) is 12.3 Å². The average Bonchev–Trinajstić information content (AvgIpc) is 2.45. The van der Waals surface area contributed by atoms with Gasteiger partial charge in [-0.25, -0.2) is 9.78 Å². The fraction of sp³-hybridized carbons (Fsp3) is 0.571. The molecule has 0 atom stereocenters. The molecule has 1 aromatic heterocycles. The molecule has 104 valence electrons. The van der Waals surface area contributed by atoms with Gasteiger partial charge < -0.3 is 15.2 Å². The summed E-state index contributed by atoms with van der Waals surface area (Å²) in [6, 6.07) is 3.30. The summed E-state index contributed by atoms with van der Waals surface area (Å²) >= 11 is 0. The topological polar surface area (TPSA) is 74.4 Å². The normalized spacial score (nSPS) is 17.8. The maximum Gasteiger partial charge on any atom is 0.356 e. The Labute approximate surface area is 113 Å². The Kier molecular flexibility index (Phi) is 4.37. The van der Waals surface area contributed by atoms with E-state index in [1.54, 1.807) is 12.1 Å². The Morgan fingerprint density at radius 2 is 2.16 bits per heavy atom. The molecule has 0 aliphatic heterocycles. The molecule has 1 aliphatic carbocycles. The lowest BCUT2D eigenvalue weighted by Crippen LogP contribution is -2.47. The number of rotatable bonds is 4. The lowest BCUT2D eigenvalue weighted by Gasteiger charge is -2.33. The van der Waals surface area contributed by atoms with Crippen LogP contribution in [0.5, 0.6) is 5.75 Å². The summed E-state index contributed by atoms with van der Waals surface area (Å²) in [5, 5.41) is 0. The molecule has 1 heterocycles. The van der Waals surface area contributed by atoms with Crippen molar-refractivity contribution in [3.8, 4) is 5.75 Å². The van der Waals surface area contributed by atoms with Crippen LogP contribution in [0.3, 0.4) is 0 Å². The van der Waals surface area contributed by atoms with E-state index in [0.717, 1.165) is 25.7 Å². The number of methoxy groups -OCH3 is 1. The minimum absolute atomic E-state index is 0.243. The van der Waals surface area contributed by atoms with E-state index in [2.05, 4.69) is 9.72 Å². The van der Waals surface area contributed by atoms with E-state index in [-0.39, 0.29) is 11.2 Å². The van der Waals surface area contributed by atoms with Gasteiger partial charge in [0.2, 0.25) is 0 Å². The molecule has 0 bridgehead atoms. The van der Waals surface area contributed by atoms with Crippen LogP contribution in [0.25, 0.3) is 0 Å². The summed E-state index contributed by atoms with van der Waals surface area (Å²) < 4.78 is 10.3. The maximum absolute atomic E-state index is 11.4. The number of hydrogen-bond donors (Lipinski definition) is 1. The van der Waals surface area contributed by atoms with Crippen molar-refractivity contribution in [2.24, 2.45) is 5.73 Å². The Morgan fingerprint density at radius 1 is 1.42 bits per heavy atom. The highest BCUT2D eigenvalue weighted by Crippen LogP contribution is 2.26. The number of nitrogens with zero attached hydrogens (tertiary/aromatic N) is 1. The van der Waals surface area contributed by atoms with Crippen LogP contribution in [0.2, 0.25) is 0 Å². The summed E-state index contributed by atoms with van der Waals surface area (Å²) in [6.07, 6.45) is 7.07. The molecule has 0 amide bonds. The fourth-order valence-electron chi connectivity index (χ4n) is 2.34. The molecule has 1 saturated carbocycles. The van der Waals surface area contributed by atoms with Crippen molar-refractivity contribution in [3.05, 3.63) is 24.0 Å². The lowest BCUT2D eigenvalue weighted by atomic mass is 9.83. The number of hydrogen-bond acceptors (Lipinski definition) is 5. The van der Waals surface area contributed by atoms with E-state index in [4.69, 9.17) is 10.5 Å². The number of esters is 1. The molecule has 2 rings (SSSR count). The Morgan fingerprint density at radius 3 is 2.84 bits per heavy atom. The smallest absolute Gasteiger partial charge is 0.356 e. The molecule has 1 aliphatic rings. The first-order valence-electron chi connectivity index (χ1n) is 6.59. The maximum atomic E-state index is 11.4. The molecule has 0 unspecified atom stereocenters. The molecule has 0 radical (unpaired) electrons. The third kappa shape index (κ3) is 3.67. The second-order valence-corrected chi connectivity index (χ2v) is 5.08. The zero-order valence-corrected chi connectivity index (χ0v) is 11.2. The third-order valence-electron chi connectivity index (χ3n) is 3.50. The number of ether oxygens (including phenoxy) is 2. The van der Waals surface area contributed by atoms with E-state index >= 15 is 0 Å². The Hall–Kier alpha value is -1.62. The van der Waals surface area contributed by atoms with Crippen molar-refractivity contribution in [3.63, 3.8) is 0 Å². The molecular weight excluding hydrogens is 244 g/mol. The molecule has 19 heavy (non-hydrogen) atoms. The predicted molar refractivity (Wildman–Crippen MR) is 71.1 cm³/mol. The molecule has 0 spiro atoms. The summed E-state index contributed by atoms with van der Waals surface area (Å²) in [6.45, 7) is 0.470. The van der Waals surface area contributed by atoms with Gasteiger partial charge in [0.05, 0.1) is 12.6 Å². The first kappa shape index (κ1) is 13.8. The van der Waals surface area contributed by atoms with Crippen LogP contribution < -0.4 is 10.5 Å². The highest BCUT2D eigenvalue weighted by molar-refractivity contribution is 5.87. The molecule has 0 aromatic carbocycles. The van der Waals surface area contributed by atoms with E-state index < -0.39 is 5.97 Å². The van der Waals surface area contributed by atoms with Gasteiger partial charge in [0.25, 0.3) is 0 Å². The van der Waals surface area contributed by atoms with Gasteiger partial charge in [0.15, 0.2) is 5.69 Å². The van der Waals surface area contributed by atoms with Crippen molar-refractivity contribution >= 4 is 5.97 Å². The quantitative estimate of drug-likeness (QED) is 0.841. The second kappa shape index (κ2) is 6.02. The van der Waals surface area contributed by atoms with Gasteiger partial charge in [0.1, 0.15) is 12.4 Å². The SMILES string of the molecule is COC(=O)c1cc(OCC2(N)CCCCC2)ccn1. The number of nitrogens with two attached hydrogens (primary N) is 1. The van der Waals surface area contributed by atoms with Crippen molar-refractivity contribution in [1.29, 1.82) is 0 Å². The van der Waals surface area contributed by atoms with Gasteiger partial charge in [-0.3, -0.25) is 0 Å². The van der Waals surface area contributed by atoms with Crippen LogP contribution in [0.15, 0.2) is 18.3 Å². The second-order valence-electron chi connectivity index (χ2n) is 5.08. The monoisotopic (exact) mass is 264 g/mol. The number of aromatic nitrogens is 1. The Bertz CT molecular complexity index is 442. The molecule has 5 nitrogen and oxygen atoms in total. The lowest BCUT2D eigenvalue weighted by molar-refractivity contribution is 0.0593. The number of carbonyl (C=O) groups is 1. The number of pyridine rings is 1. The van der Waals surface area contributed by atoms with Crippen LogP contribution in [0.1, 0.15) is 42.6 Å². The van der Waals surface area contributed by atoms with Gasteiger partial charge in [-0.2, -0.15) is 0 Å². The van der Waals surface area contributed by atoms with Crippen molar-refractivity contribution in [1.82, 2.24) is 4.98 Å². The van der Waals surface area contributed by atoms with Crippen LogP contribution in [0, 0.1) is 0 Å². The zero-order valence-electron chi connectivity index (χ0n) is 11.2. The van der Waals surface area contributed by atoms with Crippen molar-refractivity contribution < 1.29 is 14.3 Å². The van der Waals surface area contributed by atoms with E-state index in [9.17, 15) is 4.79 Å². The van der Waals surface area contributed by atoms with Crippen LogP contribution in [-0.2, 0) is 4.74 Å². The largest absolute Gasteiger partial charge is 0.492 e. The van der Waals surface area contributed by atoms with E-state index in [1.807, 2.05) is 0 Å². The summed E-state index contributed by atoms with van der Waals surface area (Å²) in [7, 11) is 1.33. The van der Waals surface area contributed by atoms with Crippen LogP contribution in [0.4, 0.5) is 0 Å². The van der Waals surface area contributed by atoms with E-state index in [0.29, 0.717) is 12.4 Å². The minimum Gasteiger partial charge on any atom is -0.492 e. The van der Waals surface area contributed by atoms with Crippen LogP contribution >= 0.6 is 0 Å². The van der Waals surface area contributed by atoms with Gasteiger partial charge in [-0.15, -0.1) is 0 Å². The van der Waals surface area contributed by atoms with Gasteiger partial charge in [-0.05, 0) is 18.9 Å². The fourth-order valence-corrected chi connectivity index (χ4v) is 2.34.